The molecule has 1 aromatic rings. The van der Waals surface area contributed by atoms with E-state index in [1.165, 1.54) is 6.07 Å². The number of carboxylic acid groups (broad SMARTS) is 1. The molecule has 2 aliphatic rings. The van der Waals surface area contributed by atoms with Crippen LogP contribution < -0.4 is 0 Å². The third kappa shape index (κ3) is 4.24. The molecule has 0 saturated carbocycles. The van der Waals surface area contributed by atoms with Crippen LogP contribution in [0.25, 0.3) is 0 Å². The summed E-state index contributed by atoms with van der Waals surface area (Å²) >= 11 is 5.90. The Morgan fingerprint density at radius 2 is 1.86 bits per heavy atom. The van der Waals surface area contributed by atoms with Gasteiger partial charge in [-0.05, 0) is 30.2 Å². The summed E-state index contributed by atoms with van der Waals surface area (Å²) in [5.74, 6) is -3.22. The number of hydrogen-bond donors (Lipinski definition) is 3. The fourth-order valence-corrected chi connectivity index (χ4v) is 5.70. The minimum atomic E-state index is -3.85. The Labute approximate surface area is 167 Å². The Morgan fingerprint density at radius 1 is 1.21 bits per heavy atom. The number of hydrogen-bond acceptors (Lipinski definition) is 7. The van der Waals surface area contributed by atoms with E-state index >= 15 is 0 Å². The van der Waals surface area contributed by atoms with Crippen molar-refractivity contribution in [2.45, 2.75) is 41.8 Å². The highest BCUT2D eigenvalue weighted by Gasteiger charge is 2.51. The van der Waals surface area contributed by atoms with Crippen LogP contribution in [0.3, 0.4) is 0 Å². The standard InChI is InChI=1S/C18H21ClO8S/c19-12-3-1-2-11(6-12)10-28(24,25)16-4-5-18(7-13(16)17(22)23)26-14(8-20)15(9-21)27-18/h1-3,6-7,14-16,20-21H,4-5,8-10H2,(H,22,23)/t14-,15-,16-/m1/s1. The number of sulfone groups is 1. The molecule has 1 saturated heterocycles. The van der Waals surface area contributed by atoms with Gasteiger partial charge in [0.2, 0.25) is 0 Å². The summed E-state index contributed by atoms with van der Waals surface area (Å²) in [6, 6.07) is 6.38. The Kier molecular flexibility index (Phi) is 6.14. The summed E-state index contributed by atoms with van der Waals surface area (Å²) in [6.07, 6.45) is -0.447. The number of aliphatic hydroxyl groups excluding tert-OH is 2. The van der Waals surface area contributed by atoms with Crippen molar-refractivity contribution in [1.82, 2.24) is 0 Å². The summed E-state index contributed by atoms with van der Waals surface area (Å²) < 4.78 is 37.1. The van der Waals surface area contributed by atoms with Crippen molar-refractivity contribution in [3.63, 3.8) is 0 Å². The van der Waals surface area contributed by atoms with Gasteiger partial charge in [-0.25, -0.2) is 13.2 Å². The number of aliphatic carboxylic acids is 1. The van der Waals surface area contributed by atoms with Crippen molar-refractivity contribution < 1.29 is 38.0 Å². The lowest BCUT2D eigenvalue weighted by Gasteiger charge is -2.33. The highest BCUT2D eigenvalue weighted by Crippen LogP contribution is 2.41. The van der Waals surface area contributed by atoms with Crippen molar-refractivity contribution in [1.29, 1.82) is 0 Å². The highest BCUT2D eigenvalue weighted by atomic mass is 35.5. The van der Waals surface area contributed by atoms with Crippen molar-refractivity contribution in [2.24, 2.45) is 0 Å². The van der Waals surface area contributed by atoms with E-state index in [0.29, 0.717) is 10.6 Å². The second-order valence-electron chi connectivity index (χ2n) is 6.86. The smallest absolute Gasteiger partial charge is 0.332 e. The summed E-state index contributed by atoms with van der Waals surface area (Å²) in [5, 5.41) is 27.5. The van der Waals surface area contributed by atoms with Crippen LogP contribution in [-0.2, 0) is 29.9 Å². The first-order valence-corrected chi connectivity index (χ1v) is 10.8. The van der Waals surface area contributed by atoms with Crippen molar-refractivity contribution >= 4 is 27.4 Å². The van der Waals surface area contributed by atoms with E-state index in [1.807, 2.05) is 0 Å². The molecule has 3 atom stereocenters. The highest BCUT2D eigenvalue weighted by molar-refractivity contribution is 7.91. The third-order valence-corrected chi connectivity index (χ3v) is 7.22. The van der Waals surface area contributed by atoms with Gasteiger partial charge in [-0.2, -0.15) is 0 Å². The van der Waals surface area contributed by atoms with E-state index in [-0.39, 0.29) is 24.2 Å². The molecule has 10 heteroatoms. The van der Waals surface area contributed by atoms with Crippen LogP contribution in [-0.4, -0.2) is 66.2 Å². The van der Waals surface area contributed by atoms with E-state index in [2.05, 4.69) is 0 Å². The van der Waals surface area contributed by atoms with Gasteiger partial charge in [0.15, 0.2) is 15.6 Å². The van der Waals surface area contributed by atoms with Gasteiger partial charge in [0, 0.05) is 11.4 Å². The fourth-order valence-electron chi connectivity index (χ4n) is 3.61. The van der Waals surface area contributed by atoms with Crippen LogP contribution in [0, 0.1) is 0 Å². The molecule has 3 N–H and O–H groups in total. The van der Waals surface area contributed by atoms with Crippen LogP contribution in [0.5, 0.6) is 0 Å². The zero-order valence-electron chi connectivity index (χ0n) is 14.8. The normalized spacial score (nSPS) is 27.0. The molecule has 0 amide bonds. The third-order valence-electron chi connectivity index (χ3n) is 4.89. The summed E-state index contributed by atoms with van der Waals surface area (Å²) in [4.78, 5) is 11.8. The molecule has 0 bridgehead atoms. The van der Waals surface area contributed by atoms with Gasteiger partial charge in [-0.15, -0.1) is 0 Å². The molecule has 0 aromatic heterocycles. The zero-order chi connectivity index (χ0) is 20.5. The predicted molar refractivity (Wildman–Crippen MR) is 99.5 cm³/mol. The summed E-state index contributed by atoms with van der Waals surface area (Å²) in [6.45, 7) is -0.834. The Bertz CT molecular complexity index is 869. The molecule has 0 unspecified atom stereocenters. The number of benzene rings is 1. The second kappa shape index (κ2) is 8.10. The van der Waals surface area contributed by atoms with Crippen LogP contribution in [0.1, 0.15) is 18.4 Å². The number of rotatable bonds is 6. The maximum absolute atomic E-state index is 12.9. The minimum Gasteiger partial charge on any atom is -0.478 e. The van der Waals surface area contributed by atoms with E-state index in [1.54, 1.807) is 18.2 Å². The van der Waals surface area contributed by atoms with Crippen LogP contribution in [0.4, 0.5) is 0 Å². The number of halogens is 1. The SMILES string of the molecule is O=C(O)C1=CC2(CC[C@H]1S(=O)(=O)Cc1cccc(Cl)c1)O[C@H](CO)[C@@H](CO)O2. The van der Waals surface area contributed by atoms with Gasteiger partial charge < -0.3 is 24.8 Å². The van der Waals surface area contributed by atoms with Crippen molar-refractivity contribution in [2.75, 3.05) is 13.2 Å². The van der Waals surface area contributed by atoms with E-state index in [0.717, 1.165) is 6.08 Å². The van der Waals surface area contributed by atoms with Gasteiger partial charge in [-0.1, -0.05) is 23.7 Å². The Hall–Kier alpha value is -1.49. The summed E-state index contributed by atoms with van der Waals surface area (Å²) in [7, 11) is -3.85. The van der Waals surface area contributed by atoms with Gasteiger partial charge in [-0.3, -0.25) is 0 Å². The predicted octanol–water partition coefficient (Wildman–Crippen LogP) is 0.893. The summed E-state index contributed by atoms with van der Waals surface area (Å²) in [5.41, 5.74) is 0.120. The van der Waals surface area contributed by atoms with E-state index in [4.69, 9.17) is 21.1 Å². The number of ether oxygens (including phenoxy) is 2. The monoisotopic (exact) mass is 432 g/mol. The molecule has 3 rings (SSSR count). The molecule has 0 radical (unpaired) electrons. The first-order valence-electron chi connectivity index (χ1n) is 8.69. The Morgan fingerprint density at radius 3 is 2.39 bits per heavy atom. The molecule has 1 spiro atoms. The van der Waals surface area contributed by atoms with Gasteiger partial charge in [0.05, 0.1) is 29.8 Å². The maximum Gasteiger partial charge on any atom is 0.332 e. The molecule has 1 aromatic carbocycles. The van der Waals surface area contributed by atoms with E-state index < -0.39 is 52.3 Å². The van der Waals surface area contributed by atoms with Crippen molar-refractivity contribution in [3.8, 4) is 0 Å². The van der Waals surface area contributed by atoms with Crippen LogP contribution in [0.15, 0.2) is 35.9 Å². The molecule has 28 heavy (non-hydrogen) atoms. The van der Waals surface area contributed by atoms with Crippen LogP contribution >= 0.6 is 11.6 Å². The lowest BCUT2D eigenvalue weighted by molar-refractivity contribution is -0.153. The Balaban J connectivity index is 1.90. The molecule has 1 heterocycles. The number of carbonyl (C=O) groups is 1. The number of aliphatic hydroxyl groups is 2. The fraction of sp³-hybridized carbons (Fsp3) is 0.500. The molecule has 1 fully saturated rings. The first kappa shape index (κ1) is 21.2. The average Bonchev–Trinajstić information content (AvgIpc) is 2.98. The minimum absolute atomic E-state index is 0.0304. The quantitative estimate of drug-likeness (QED) is 0.604. The van der Waals surface area contributed by atoms with Gasteiger partial charge >= 0.3 is 5.97 Å². The lowest BCUT2D eigenvalue weighted by Crippen LogP contribution is -2.41. The zero-order valence-corrected chi connectivity index (χ0v) is 16.4. The molecule has 154 valence electrons. The molecular formula is C18H21ClO8S. The van der Waals surface area contributed by atoms with Crippen LogP contribution in [0.2, 0.25) is 5.02 Å². The average molecular weight is 433 g/mol. The second-order valence-corrected chi connectivity index (χ2v) is 9.48. The lowest BCUT2D eigenvalue weighted by atomic mass is 9.94. The first-order chi connectivity index (χ1) is 13.2. The number of carboxylic acids is 1. The largest absolute Gasteiger partial charge is 0.478 e. The molecular weight excluding hydrogens is 412 g/mol. The van der Waals surface area contributed by atoms with Gasteiger partial charge in [0.1, 0.15) is 12.2 Å². The molecule has 1 aliphatic carbocycles. The van der Waals surface area contributed by atoms with E-state index in [9.17, 15) is 28.5 Å². The topological polar surface area (TPSA) is 130 Å². The van der Waals surface area contributed by atoms with Gasteiger partial charge in [0.25, 0.3) is 0 Å². The van der Waals surface area contributed by atoms with Crippen molar-refractivity contribution in [3.05, 3.63) is 46.5 Å². The molecule has 1 aliphatic heterocycles. The maximum atomic E-state index is 12.9. The molecule has 8 nitrogen and oxygen atoms in total.